The Hall–Kier alpha value is -2.04. The van der Waals surface area contributed by atoms with Crippen molar-refractivity contribution in [1.82, 2.24) is 4.90 Å². The summed E-state index contributed by atoms with van der Waals surface area (Å²) in [5.41, 5.74) is 1.04. The van der Waals surface area contributed by atoms with Gasteiger partial charge in [0.15, 0.2) is 0 Å². The number of hydrogen-bond donors (Lipinski definition) is 1. The van der Waals surface area contributed by atoms with Gasteiger partial charge < -0.3 is 14.8 Å². The van der Waals surface area contributed by atoms with E-state index < -0.39 is 0 Å². The highest BCUT2D eigenvalue weighted by atomic mass is 16.5. The first-order valence-electron chi connectivity index (χ1n) is 4.99. The predicted octanol–water partition coefficient (Wildman–Crippen LogP) is 0.833. The summed E-state index contributed by atoms with van der Waals surface area (Å²) in [5.74, 6) is -0.611. The number of carbonyl (C=O) groups excluding carboxylic acids is 1. The summed E-state index contributed by atoms with van der Waals surface area (Å²) in [5, 5.41) is 11.4. The van der Waals surface area contributed by atoms with Crippen molar-refractivity contribution in [2.24, 2.45) is 5.16 Å². The number of rotatable bonds is 2. The fourth-order valence-corrected chi connectivity index (χ4v) is 1.58. The van der Waals surface area contributed by atoms with Gasteiger partial charge in [-0.3, -0.25) is 4.79 Å². The van der Waals surface area contributed by atoms with Crippen molar-refractivity contribution in [3.8, 4) is 0 Å². The monoisotopic (exact) mass is 220 g/mol. The van der Waals surface area contributed by atoms with E-state index in [9.17, 15) is 4.79 Å². The third-order valence-electron chi connectivity index (χ3n) is 2.38. The Labute approximate surface area is 92.9 Å². The van der Waals surface area contributed by atoms with E-state index in [0.717, 1.165) is 5.56 Å². The molecule has 84 valence electrons. The molecule has 0 saturated carbocycles. The number of ether oxygens (including phenoxy) is 1. The van der Waals surface area contributed by atoms with Gasteiger partial charge in [0, 0.05) is 6.54 Å². The average molecular weight is 220 g/mol. The lowest BCUT2D eigenvalue weighted by Crippen LogP contribution is -2.44. The highest BCUT2D eigenvalue weighted by molar-refractivity contribution is 6.35. The zero-order valence-corrected chi connectivity index (χ0v) is 8.67. The van der Waals surface area contributed by atoms with Crippen molar-refractivity contribution in [2.75, 3.05) is 13.2 Å². The Morgan fingerprint density at radius 3 is 2.81 bits per heavy atom. The second-order valence-electron chi connectivity index (χ2n) is 3.47. The molecule has 0 unspecified atom stereocenters. The van der Waals surface area contributed by atoms with Crippen molar-refractivity contribution in [1.29, 1.82) is 0 Å². The Bertz CT molecular complexity index is 403. The molecule has 1 aliphatic rings. The second-order valence-corrected chi connectivity index (χ2v) is 3.47. The number of benzene rings is 1. The second kappa shape index (κ2) is 4.65. The van der Waals surface area contributed by atoms with Gasteiger partial charge in [-0.2, -0.15) is 0 Å². The summed E-state index contributed by atoms with van der Waals surface area (Å²) in [4.78, 5) is 13.3. The largest absolute Gasteiger partial charge is 0.470 e. The van der Waals surface area contributed by atoms with Crippen molar-refractivity contribution in [2.45, 2.75) is 6.54 Å². The average Bonchev–Trinajstić information content (AvgIpc) is 2.33. The molecule has 1 fully saturated rings. The molecule has 16 heavy (non-hydrogen) atoms. The zero-order valence-electron chi connectivity index (χ0n) is 8.67. The fourth-order valence-electron chi connectivity index (χ4n) is 1.58. The van der Waals surface area contributed by atoms with Crippen LogP contribution >= 0.6 is 0 Å². The van der Waals surface area contributed by atoms with E-state index in [1.54, 1.807) is 4.90 Å². The van der Waals surface area contributed by atoms with Gasteiger partial charge in [0.25, 0.3) is 0 Å². The molecule has 5 nitrogen and oxygen atoms in total. The van der Waals surface area contributed by atoms with Crippen LogP contribution in [0.3, 0.4) is 0 Å². The van der Waals surface area contributed by atoms with Gasteiger partial charge in [-0.1, -0.05) is 30.3 Å². The molecule has 1 aliphatic heterocycles. The molecular formula is C11H12N2O3. The van der Waals surface area contributed by atoms with Gasteiger partial charge in [0.1, 0.15) is 6.61 Å². The van der Waals surface area contributed by atoms with Crippen LogP contribution in [0, 0.1) is 0 Å². The fraction of sp³-hybridized carbons (Fsp3) is 0.273. The molecule has 0 aromatic heterocycles. The van der Waals surface area contributed by atoms with E-state index in [-0.39, 0.29) is 11.8 Å². The minimum atomic E-state index is -0.377. The highest BCUT2D eigenvalue weighted by Crippen LogP contribution is 2.08. The molecule has 0 atom stereocenters. The SMILES string of the molecule is O=C1/C(=N/O)OCCN1Cc1ccccc1. The molecule has 5 heteroatoms. The molecule has 1 aromatic carbocycles. The van der Waals surface area contributed by atoms with Gasteiger partial charge in [-0.25, -0.2) is 0 Å². The molecule has 1 aromatic rings. The van der Waals surface area contributed by atoms with E-state index in [1.165, 1.54) is 0 Å². The summed E-state index contributed by atoms with van der Waals surface area (Å²) >= 11 is 0. The van der Waals surface area contributed by atoms with Gasteiger partial charge in [0.2, 0.25) is 0 Å². The van der Waals surface area contributed by atoms with Crippen LogP contribution < -0.4 is 0 Å². The van der Waals surface area contributed by atoms with E-state index in [1.807, 2.05) is 30.3 Å². The lowest BCUT2D eigenvalue weighted by Gasteiger charge is -2.26. The first-order valence-corrected chi connectivity index (χ1v) is 4.99. The van der Waals surface area contributed by atoms with Crippen LogP contribution in [-0.4, -0.2) is 35.1 Å². The van der Waals surface area contributed by atoms with Crippen molar-refractivity contribution in [3.05, 3.63) is 35.9 Å². The molecule has 0 radical (unpaired) electrons. The van der Waals surface area contributed by atoms with Crippen LogP contribution in [0.25, 0.3) is 0 Å². The lowest BCUT2D eigenvalue weighted by atomic mass is 10.2. The standard InChI is InChI=1S/C11H12N2O3/c14-11-10(12-15)16-7-6-13(11)8-9-4-2-1-3-5-9/h1-5,15H,6-8H2/b12-10-. The molecule has 1 heterocycles. The van der Waals surface area contributed by atoms with Gasteiger partial charge in [-0.05, 0) is 10.7 Å². The molecule has 1 amide bonds. The Morgan fingerprint density at radius 2 is 2.12 bits per heavy atom. The minimum absolute atomic E-state index is 0.234. The third-order valence-corrected chi connectivity index (χ3v) is 2.38. The predicted molar refractivity (Wildman–Crippen MR) is 57.0 cm³/mol. The van der Waals surface area contributed by atoms with Crippen LogP contribution in [0.15, 0.2) is 35.5 Å². The van der Waals surface area contributed by atoms with E-state index in [2.05, 4.69) is 5.16 Å². The molecule has 0 spiro atoms. The number of carbonyl (C=O) groups is 1. The Kier molecular flexibility index (Phi) is 3.05. The summed E-state index contributed by atoms with van der Waals surface area (Å²) in [6.45, 7) is 1.37. The number of morpholine rings is 1. The Balaban J connectivity index is 2.08. The first-order chi connectivity index (χ1) is 7.81. The maximum atomic E-state index is 11.7. The van der Waals surface area contributed by atoms with Crippen LogP contribution in [0.2, 0.25) is 0 Å². The number of nitrogens with zero attached hydrogens (tertiary/aromatic N) is 2. The molecule has 1 saturated heterocycles. The summed E-state index contributed by atoms with van der Waals surface area (Å²) in [7, 11) is 0. The van der Waals surface area contributed by atoms with Gasteiger partial charge in [0.05, 0.1) is 6.54 Å². The summed E-state index contributed by atoms with van der Waals surface area (Å²) in [6.07, 6.45) is 0. The number of oxime groups is 1. The molecule has 2 rings (SSSR count). The first kappa shape index (κ1) is 10.5. The quantitative estimate of drug-likeness (QED) is 0.593. The number of hydrogen-bond acceptors (Lipinski definition) is 4. The van der Waals surface area contributed by atoms with E-state index in [0.29, 0.717) is 19.7 Å². The normalized spacial score (nSPS) is 18.6. The summed E-state index contributed by atoms with van der Waals surface area (Å²) in [6, 6.07) is 9.64. The van der Waals surface area contributed by atoms with Crippen LogP contribution in [0.4, 0.5) is 0 Å². The van der Waals surface area contributed by atoms with Gasteiger partial charge in [-0.15, -0.1) is 0 Å². The zero-order chi connectivity index (χ0) is 11.4. The minimum Gasteiger partial charge on any atom is -0.470 e. The van der Waals surface area contributed by atoms with Crippen LogP contribution in [0.5, 0.6) is 0 Å². The molecule has 0 aliphatic carbocycles. The maximum absolute atomic E-state index is 11.7. The van der Waals surface area contributed by atoms with Crippen molar-refractivity contribution >= 4 is 11.8 Å². The smallest absolute Gasteiger partial charge is 0.316 e. The topological polar surface area (TPSA) is 62.1 Å². The highest BCUT2D eigenvalue weighted by Gasteiger charge is 2.26. The molecule has 0 bridgehead atoms. The third kappa shape index (κ3) is 2.13. The maximum Gasteiger partial charge on any atom is 0.316 e. The van der Waals surface area contributed by atoms with E-state index >= 15 is 0 Å². The van der Waals surface area contributed by atoms with Crippen molar-refractivity contribution < 1.29 is 14.7 Å². The molecular weight excluding hydrogens is 208 g/mol. The number of amides is 1. The summed E-state index contributed by atoms with van der Waals surface area (Å²) < 4.78 is 4.92. The van der Waals surface area contributed by atoms with Crippen molar-refractivity contribution in [3.63, 3.8) is 0 Å². The van der Waals surface area contributed by atoms with Gasteiger partial charge >= 0.3 is 11.8 Å². The lowest BCUT2D eigenvalue weighted by molar-refractivity contribution is -0.129. The van der Waals surface area contributed by atoms with Crippen LogP contribution in [-0.2, 0) is 16.1 Å². The molecule has 1 N–H and O–H groups in total. The van der Waals surface area contributed by atoms with Crippen LogP contribution in [0.1, 0.15) is 5.56 Å². The van der Waals surface area contributed by atoms with E-state index in [4.69, 9.17) is 9.94 Å². The Morgan fingerprint density at radius 1 is 1.38 bits per heavy atom.